The summed E-state index contributed by atoms with van der Waals surface area (Å²) in [4.78, 5) is 11.4. The van der Waals surface area contributed by atoms with Crippen LogP contribution in [0.4, 0.5) is 5.69 Å². The van der Waals surface area contributed by atoms with Gasteiger partial charge in [0.2, 0.25) is 0 Å². The Hall–Kier alpha value is -1.75. The number of rotatable bonds is 10. The van der Waals surface area contributed by atoms with Crippen LogP contribution in [0, 0.1) is 5.92 Å². The van der Waals surface area contributed by atoms with Gasteiger partial charge < -0.3 is 20.9 Å². The fourth-order valence-corrected chi connectivity index (χ4v) is 2.50. The summed E-state index contributed by atoms with van der Waals surface area (Å²) < 4.78 is 5.57. The minimum atomic E-state index is -0.797. The Bertz CT molecular complexity index is 505. The smallest absolute Gasteiger partial charge is 0.320 e. The second kappa shape index (κ2) is 9.40. The second-order valence-electron chi connectivity index (χ2n) is 6.19. The van der Waals surface area contributed by atoms with Crippen molar-refractivity contribution in [1.29, 1.82) is 0 Å². The largest absolute Gasteiger partial charge is 0.491 e. The fraction of sp³-hybridized carbons (Fsp3) is 0.611. The fourth-order valence-electron chi connectivity index (χ4n) is 2.50. The summed E-state index contributed by atoms with van der Waals surface area (Å²) in [7, 11) is 0. The highest BCUT2D eigenvalue weighted by Gasteiger charge is 2.24. The van der Waals surface area contributed by atoms with E-state index in [0.717, 1.165) is 24.8 Å². The molecule has 0 bridgehead atoms. The van der Waals surface area contributed by atoms with Crippen molar-refractivity contribution in [3.8, 4) is 5.75 Å². The molecule has 130 valence electrons. The highest BCUT2D eigenvalue weighted by atomic mass is 16.5. The number of carbonyl (C=O) groups is 1. The quantitative estimate of drug-likeness (QED) is 0.576. The molecule has 1 aromatic rings. The van der Waals surface area contributed by atoms with Gasteiger partial charge in [-0.05, 0) is 43.4 Å². The summed E-state index contributed by atoms with van der Waals surface area (Å²) >= 11 is 0. The lowest BCUT2D eigenvalue weighted by molar-refractivity contribution is -0.141. The standard InChI is InChI=1S/C18H30N2O3/c1-5-9-23-16-8-7-14(11-15(16)19)10-13(4)20-17(18(21)22)12(3)6-2/h7-8,11-13,17,20H,5-6,9-10,19H2,1-4H3,(H,21,22). The van der Waals surface area contributed by atoms with Crippen LogP contribution in [0.3, 0.4) is 0 Å². The third-order valence-corrected chi connectivity index (χ3v) is 4.02. The molecule has 0 saturated carbocycles. The number of aliphatic carboxylic acids is 1. The molecule has 3 unspecified atom stereocenters. The topological polar surface area (TPSA) is 84.6 Å². The zero-order valence-corrected chi connectivity index (χ0v) is 14.6. The number of benzene rings is 1. The van der Waals surface area contributed by atoms with Gasteiger partial charge in [-0.2, -0.15) is 0 Å². The zero-order valence-electron chi connectivity index (χ0n) is 14.6. The maximum atomic E-state index is 11.4. The van der Waals surface area contributed by atoms with Crippen LogP contribution in [-0.2, 0) is 11.2 Å². The first-order chi connectivity index (χ1) is 10.9. The van der Waals surface area contributed by atoms with Gasteiger partial charge in [0, 0.05) is 6.04 Å². The Morgan fingerprint density at radius 3 is 2.57 bits per heavy atom. The van der Waals surface area contributed by atoms with Crippen LogP contribution in [0.15, 0.2) is 18.2 Å². The van der Waals surface area contributed by atoms with E-state index < -0.39 is 12.0 Å². The lowest BCUT2D eigenvalue weighted by Crippen LogP contribution is -2.46. The maximum Gasteiger partial charge on any atom is 0.320 e. The third-order valence-electron chi connectivity index (χ3n) is 4.02. The highest BCUT2D eigenvalue weighted by molar-refractivity contribution is 5.73. The number of hydrogen-bond donors (Lipinski definition) is 3. The lowest BCUT2D eigenvalue weighted by Gasteiger charge is -2.24. The normalized spacial score (nSPS) is 15.0. The molecule has 0 aliphatic heterocycles. The molecule has 0 saturated heterocycles. The summed E-state index contributed by atoms with van der Waals surface area (Å²) in [6.07, 6.45) is 2.49. The van der Waals surface area contributed by atoms with Gasteiger partial charge in [-0.25, -0.2) is 0 Å². The molecule has 4 N–H and O–H groups in total. The van der Waals surface area contributed by atoms with E-state index in [1.54, 1.807) is 0 Å². The van der Waals surface area contributed by atoms with E-state index in [1.165, 1.54) is 0 Å². The highest BCUT2D eigenvalue weighted by Crippen LogP contribution is 2.23. The number of nitrogens with one attached hydrogen (secondary N) is 1. The molecule has 0 aliphatic carbocycles. The summed E-state index contributed by atoms with van der Waals surface area (Å²) in [5.41, 5.74) is 7.71. The van der Waals surface area contributed by atoms with Crippen molar-refractivity contribution in [2.24, 2.45) is 5.92 Å². The molecule has 23 heavy (non-hydrogen) atoms. The van der Waals surface area contributed by atoms with Gasteiger partial charge in [-0.15, -0.1) is 0 Å². The number of carboxylic acid groups (broad SMARTS) is 1. The number of nitrogens with two attached hydrogens (primary N) is 1. The van der Waals surface area contributed by atoms with Crippen molar-refractivity contribution < 1.29 is 14.6 Å². The Balaban J connectivity index is 2.67. The average molecular weight is 322 g/mol. The van der Waals surface area contributed by atoms with Gasteiger partial charge in [-0.3, -0.25) is 4.79 Å². The van der Waals surface area contributed by atoms with E-state index in [-0.39, 0.29) is 12.0 Å². The molecule has 0 spiro atoms. The Labute approximate surface area is 139 Å². The van der Waals surface area contributed by atoms with Crippen molar-refractivity contribution in [3.05, 3.63) is 23.8 Å². The summed E-state index contributed by atoms with van der Waals surface area (Å²) in [5, 5.41) is 12.6. The van der Waals surface area contributed by atoms with Crippen molar-refractivity contribution in [2.45, 2.75) is 59.0 Å². The van der Waals surface area contributed by atoms with Crippen LogP contribution >= 0.6 is 0 Å². The van der Waals surface area contributed by atoms with E-state index >= 15 is 0 Å². The number of anilines is 1. The molecule has 0 amide bonds. The number of nitrogen functional groups attached to an aromatic ring is 1. The van der Waals surface area contributed by atoms with E-state index in [2.05, 4.69) is 5.32 Å². The van der Waals surface area contributed by atoms with Gasteiger partial charge in [-0.1, -0.05) is 33.3 Å². The van der Waals surface area contributed by atoms with Crippen molar-refractivity contribution in [2.75, 3.05) is 12.3 Å². The molecular formula is C18H30N2O3. The van der Waals surface area contributed by atoms with Crippen LogP contribution in [0.5, 0.6) is 5.75 Å². The van der Waals surface area contributed by atoms with Gasteiger partial charge in [0.1, 0.15) is 11.8 Å². The number of carboxylic acids is 1. The summed E-state index contributed by atoms with van der Waals surface area (Å²) in [6.45, 7) is 8.65. The van der Waals surface area contributed by atoms with E-state index in [9.17, 15) is 9.90 Å². The molecule has 0 fully saturated rings. The van der Waals surface area contributed by atoms with Gasteiger partial charge in [0.15, 0.2) is 0 Å². The van der Waals surface area contributed by atoms with Crippen LogP contribution in [0.1, 0.15) is 46.1 Å². The van der Waals surface area contributed by atoms with Gasteiger partial charge in [0.05, 0.1) is 12.3 Å². The summed E-state index contributed by atoms with van der Waals surface area (Å²) in [6, 6.07) is 5.29. The zero-order chi connectivity index (χ0) is 17.4. The predicted molar refractivity (Wildman–Crippen MR) is 93.8 cm³/mol. The first kappa shape index (κ1) is 19.3. The molecule has 1 rings (SSSR count). The van der Waals surface area contributed by atoms with Gasteiger partial charge >= 0.3 is 5.97 Å². The van der Waals surface area contributed by atoms with Gasteiger partial charge in [0.25, 0.3) is 0 Å². The van der Waals surface area contributed by atoms with E-state index in [1.807, 2.05) is 45.9 Å². The Morgan fingerprint density at radius 2 is 2.04 bits per heavy atom. The van der Waals surface area contributed by atoms with Crippen molar-refractivity contribution in [3.63, 3.8) is 0 Å². The average Bonchev–Trinajstić information content (AvgIpc) is 2.50. The van der Waals surface area contributed by atoms with Crippen molar-refractivity contribution in [1.82, 2.24) is 5.32 Å². The van der Waals surface area contributed by atoms with E-state index in [4.69, 9.17) is 10.5 Å². The minimum absolute atomic E-state index is 0.0481. The van der Waals surface area contributed by atoms with E-state index in [0.29, 0.717) is 18.0 Å². The van der Waals surface area contributed by atoms with Crippen molar-refractivity contribution >= 4 is 11.7 Å². The number of hydrogen-bond acceptors (Lipinski definition) is 4. The molecule has 1 aromatic carbocycles. The molecular weight excluding hydrogens is 292 g/mol. The molecule has 5 heteroatoms. The molecule has 5 nitrogen and oxygen atoms in total. The van der Waals surface area contributed by atoms with Crippen LogP contribution in [-0.4, -0.2) is 29.8 Å². The maximum absolute atomic E-state index is 11.4. The molecule has 0 radical (unpaired) electrons. The monoisotopic (exact) mass is 322 g/mol. The van der Waals surface area contributed by atoms with Crippen LogP contribution in [0.25, 0.3) is 0 Å². The molecule has 0 aliphatic rings. The second-order valence-corrected chi connectivity index (χ2v) is 6.19. The number of ether oxygens (including phenoxy) is 1. The SMILES string of the molecule is CCCOc1ccc(CC(C)NC(C(=O)O)C(C)CC)cc1N. The van der Waals surface area contributed by atoms with Crippen LogP contribution in [0.2, 0.25) is 0 Å². The molecule has 0 aromatic heterocycles. The van der Waals surface area contributed by atoms with Crippen LogP contribution < -0.4 is 15.8 Å². The molecule has 3 atom stereocenters. The third kappa shape index (κ3) is 6.10. The Morgan fingerprint density at radius 1 is 1.35 bits per heavy atom. The first-order valence-electron chi connectivity index (χ1n) is 8.39. The minimum Gasteiger partial charge on any atom is -0.491 e. The lowest BCUT2D eigenvalue weighted by atomic mass is 9.97. The molecule has 0 heterocycles. The Kier molecular flexibility index (Phi) is 7.89. The predicted octanol–water partition coefficient (Wildman–Crippen LogP) is 3.08. The summed E-state index contributed by atoms with van der Waals surface area (Å²) in [5.74, 6) is -0.00176. The first-order valence-corrected chi connectivity index (χ1v) is 8.39.